The van der Waals surface area contributed by atoms with Crippen LogP contribution in [0.25, 0.3) is 0 Å². The second kappa shape index (κ2) is 4.19. The van der Waals surface area contributed by atoms with Crippen molar-refractivity contribution < 1.29 is 9.90 Å². The Morgan fingerprint density at radius 1 is 1.38 bits per heavy atom. The van der Waals surface area contributed by atoms with Gasteiger partial charge in [-0.05, 0) is 12.5 Å². The molecule has 0 radical (unpaired) electrons. The van der Waals surface area contributed by atoms with Crippen molar-refractivity contribution in [2.24, 2.45) is 0 Å². The summed E-state index contributed by atoms with van der Waals surface area (Å²) in [5.41, 5.74) is 1.56. The fraction of sp³-hybridized carbons (Fsp3) is 0.364. The second-order valence-electron chi connectivity index (χ2n) is 3.07. The summed E-state index contributed by atoms with van der Waals surface area (Å²) in [5, 5.41) is 9.23. The maximum atomic E-state index is 11.2. The quantitative estimate of drug-likeness (QED) is 0.721. The fourth-order valence-electron chi connectivity index (χ4n) is 1.15. The number of Topliss-reactive ketones (excluding diaryl/α,β-unsaturated/α-hetero) is 1. The van der Waals surface area contributed by atoms with E-state index in [0.717, 1.165) is 5.56 Å². The lowest BCUT2D eigenvalue weighted by molar-refractivity contribution is 0.0988. The Bertz CT molecular complexity index is 285. The number of benzene rings is 1. The van der Waals surface area contributed by atoms with Crippen LogP contribution in [0.4, 0.5) is 0 Å². The van der Waals surface area contributed by atoms with Gasteiger partial charge in [-0.3, -0.25) is 4.79 Å². The third-order valence-electron chi connectivity index (χ3n) is 2.04. The van der Waals surface area contributed by atoms with Gasteiger partial charge in [0.15, 0.2) is 5.78 Å². The van der Waals surface area contributed by atoms with E-state index in [9.17, 15) is 9.90 Å². The van der Waals surface area contributed by atoms with Gasteiger partial charge in [0.25, 0.3) is 0 Å². The predicted octanol–water partition coefficient (Wildman–Crippen LogP) is 2.33. The molecule has 2 heteroatoms. The molecule has 0 aliphatic rings. The maximum absolute atomic E-state index is 11.2. The van der Waals surface area contributed by atoms with Crippen molar-refractivity contribution >= 4 is 5.78 Å². The van der Waals surface area contributed by atoms with Crippen molar-refractivity contribution in [3.8, 4) is 0 Å². The summed E-state index contributed by atoms with van der Waals surface area (Å²) in [6.07, 6.45) is 0.0550. The molecule has 13 heavy (non-hydrogen) atoms. The lowest BCUT2D eigenvalue weighted by Gasteiger charge is -2.04. The SMILES string of the molecule is CCC(=O)c1ccc(C(C)O)cc1. The van der Waals surface area contributed by atoms with Gasteiger partial charge in [0.2, 0.25) is 0 Å². The number of carbonyl (C=O) groups excluding carboxylic acids is 1. The first kappa shape index (κ1) is 9.93. The molecule has 0 bridgehead atoms. The first-order valence-corrected chi connectivity index (χ1v) is 4.46. The molecule has 0 spiro atoms. The van der Waals surface area contributed by atoms with Crippen LogP contribution >= 0.6 is 0 Å². The van der Waals surface area contributed by atoms with Crippen LogP contribution in [0.5, 0.6) is 0 Å². The Balaban J connectivity index is 2.87. The highest BCUT2D eigenvalue weighted by Crippen LogP contribution is 2.13. The van der Waals surface area contributed by atoms with Gasteiger partial charge in [-0.25, -0.2) is 0 Å². The summed E-state index contributed by atoms with van der Waals surface area (Å²) in [6, 6.07) is 7.09. The molecular formula is C11H14O2. The van der Waals surface area contributed by atoms with Gasteiger partial charge in [-0.1, -0.05) is 31.2 Å². The molecule has 0 amide bonds. The summed E-state index contributed by atoms with van der Waals surface area (Å²) < 4.78 is 0. The molecule has 1 aromatic carbocycles. The smallest absolute Gasteiger partial charge is 0.162 e. The van der Waals surface area contributed by atoms with E-state index in [2.05, 4.69) is 0 Å². The van der Waals surface area contributed by atoms with Crippen molar-refractivity contribution in [1.82, 2.24) is 0 Å². The van der Waals surface area contributed by atoms with Crippen LogP contribution in [0.2, 0.25) is 0 Å². The van der Waals surface area contributed by atoms with E-state index in [1.54, 1.807) is 31.2 Å². The molecule has 1 unspecified atom stereocenters. The second-order valence-corrected chi connectivity index (χ2v) is 3.07. The van der Waals surface area contributed by atoms with Gasteiger partial charge in [0, 0.05) is 12.0 Å². The lowest BCUT2D eigenvalue weighted by atomic mass is 10.0. The highest BCUT2D eigenvalue weighted by atomic mass is 16.3. The third kappa shape index (κ3) is 2.39. The minimum absolute atomic E-state index is 0.136. The Kier molecular flexibility index (Phi) is 3.20. The molecule has 0 aromatic heterocycles. The number of aliphatic hydroxyl groups excluding tert-OH is 1. The number of ketones is 1. The molecule has 0 heterocycles. The summed E-state index contributed by atoms with van der Waals surface area (Å²) in [6.45, 7) is 3.54. The zero-order valence-corrected chi connectivity index (χ0v) is 7.95. The summed E-state index contributed by atoms with van der Waals surface area (Å²) in [7, 11) is 0. The summed E-state index contributed by atoms with van der Waals surface area (Å²) >= 11 is 0. The molecule has 1 atom stereocenters. The number of hydrogen-bond donors (Lipinski definition) is 1. The van der Waals surface area contributed by atoms with Crippen LogP contribution in [0.1, 0.15) is 42.3 Å². The predicted molar refractivity (Wildman–Crippen MR) is 51.7 cm³/mol. The van der Waals surface area contributed by atoms with Gasteiger partial charge in [-0.2, -0.15) is 0 Å². The summed E-state index contributed by atoms with van der Waals surface area (Å²) in [4.78, 5) is 11.2. The van der Waals surface area contributed by atoms with Crippen LogP contribution in [0, 0.1) is 0 Å². The maximum Gasteiger partial charge on any atom is 0.162 e. The first-order chi connectivity index (χ1) is 6.15. The zero-order chi connectivity index (χ0) is 9.84. The van der Waals surface area contributed by atoms with Crippen molar-refractivity contribution in [2.45, 2.75) is 26.4 Å². The molecule has 1 rings (SSSR count). The molecular weight excluding hydrogens is 164 g/mol. The lowest BCUT2D eigenvalue weighted by Crippen LogP contribution is -1.97. The van der Waals surface area contributed by atoms with E-state index in [0.29, 0.717) is 12.0 Å². The molecule has 0 aliphatic heterocycles. The Morgan fingerprint density at radius 3 is 2.31 bits per heavy atom. The van der Waals surface area contributed by atoms with Gasteiger partial charge in [-0.15, -0.1) is 0 Å². The van der Waals surface area contributed by atoms with Crippen molar-refractivity contribution in [1.29, 1.82) is 0 Å². The molecule has 1 N–H and O–H groups in total. The molecule has 0 fully saturated rings. The van der Waals surface area contributed by atoms with Gasteiger partial charge in [0.1, 0.15) is 0 Å². The first-order valence-electron chi connectivity index (χ1n) is 4.46. The van der Waals surface area contributed by atoms with Gasteiger partial charge in [0.05, 0.1) is 6.10 Å². The molecule has 1 aromatic rings. The van der Waals surface area contributed by atoms with Crippen LogP contribution in [-0.4, -0.2) is 10.9 Å². The minimum Gasteiger partial charge on any atom is -0.389 e. The molecule has 70 valence electrons. The highest BCUT2D eigenvalue weighted by molar-refractivity contribution is 5.95. The molecule has 2 nitrogen and oxygen atoms in total. The average molecular weight is 178 g/mol. The van der Waals surface area contributed by atoms with Crippen LogP contribution in [-0.2, 0) is 0 Å². The number of aliphatic hydroxyl groups is 1. The van der Waals surface area contributed by atoms with Crippen LogP contribution in [0.15, 0.2) is 24.3 Å². The van der Waals surface area contributed by atoms with E-state index < -0.39 is 6.10 Å². The fourth-order valence-corrected chi connectivity index (χ4v) is 1.15. The Hall–Kier alpha value is -1.15. The standard InChI is InChI=1S/C11H14O2/c1-3-11(13)10-6-4-9(5-7-10)8(2)12/h4-8,12H,3H2,1-2H3. The molecule has 0 saturated heterocycles. The molecule has 0 saturated carbocycles. The van der Waals surface area contributed by atoms with E-state index >= 15 is 0 Å². The zero-order valence-electron chi connectivity index (χ0n) is 7.95. The molecule has 0 aliphatic carbocycles. The monoisotopic (exact) mass is 178 g/mol. The van der Waals surface area contributed by atoms with Crippen molar-refractivity contribution in [3.05, 3.63) is 35.4 Å². The summed E-state index contributed by atoms with van der Waals surface area (Å²) in [5.74, 6) is 0.136. The van der Waals surface area contributed by atoms with E-state index in [4.69, 9.17) is 0 Å². The van der Waals surface area contributed by atoms with Crippen LogP contribution < -0.4 is 0 Å². The van der Waals surface area contributed by atoms with Gasteiger partial charge >= 0.3 is 0 Å². The number of hydrogen-bond acceptors (Lipinski definition) is 2. The highest BCUT2D eigenvalue weighted by Gasteiger charge is 2.04. The number of rotatable bonds is 3. The Morgan fingerprint density at radius 2 is 1.92 bits per heavy atom. The number of carbonyl (C=O) groups is 1. The van der Waals surface area contributed by atoms with Crippen molar-refractivity contribution in [2.75, 3.05) is 0 Å². The van der Waals surface area contributed by atoms with E-state index in [1.165, 1.54) is 0 Å². The third-order valence-corrected chi connectivity index (χ3v) is 2.04. The van der Waals surface area contributed by atoms with Crippen molar-refractivity contribution in [3.63, 3.8) is 0 Å². The largest absolute Gasteiger partial charge is 0.389 e. The average Bonchev–Trinajstić information content (AvgIpc) is 2.17. The minimum atomic E-state index is -0.467. The normalized spacial score (nSPS) is 12.5. The Labute approximate surface area is 78.2 Å². The van der Waals surface area contributed by atoms with Crippen LogP contribution in [0.3, 0.4) is 0 Å². The topological polar surface area (TPSA) is 37.3 Å². The van der Waals surface area contributed by atoms with Gasteiger partial charge < -0.3 is 5.11 Å². The van der Waals surface area contributed by atoms with E-state index in [1.807, 2.05) is 6.92 Å². The van der Waals surface area contributed by atoms with E-state index in [-0.39, 0.29) is 5.78 Å².